The van der Waals surface area contributed by atoms with Gasteiger partial charge in [-0.05, 0) is 51.3 Å². The second kappa shape index (κ2) is 6.51. The van der Waals surface area contributed by atoms with E-state index in [0.717, 1.165) is 34.0 Å². The highest BCUT2D eigenvalue weighted by Gasteiger charge is 2.28. The van der Waals surface area contributed by atoms with E-state index in [-0.39, 0.29) is 6.09 Å². The van der Waals surface area contributed by atoms with Gasteiger partial charge in [0.05, 0.1) is 0 Å². The van der Waals surface area contributed by atoms with E-state index in [1.165, 1.54) is 0 Å². The zero-order valence-corrected chi connectivity index (χ0v) is 15.6. The SMILES string of the molecule is CC(C)(C)OC(=O)N1CCCc2cc(-c3cnccc3Br)cnc21. The number of carbonyl (C=O) groups is 1. The smallest absolute Gasteiger partial charge is 0.416 e. The Morgan fingerprint density at radius 1 is 1.33 bits per heavy atom. The van der Waals surface area contributed by atoms with Crippen molar-refractivity contribution >= 4 is 27.8 Å². The minimum Gasteiger partial charge on any atom is -0.443 e. The molecule has 0 spiro atoms. The van der Waals surface area contributed by atoms with Crippen LogP contribution in [0.15, 0.2) is 35.2 Å². The topological polar surface area (TPSA) is 55.3 Å². The van der Waals surface area contributed by atoms with Crippen molar-refractivity contribution in [1.29, 1.82) is 0 Å². The number of rotatable bonds is 1. The molecule has 3 rings (SSSR count). The minimum atomic E-state index is -0.519. The molecule has 0 aromatic carbocycles. The number of hydrogen-bond donors (Lipinski definition) is 0. The highest BCUT2D eigenvalue weighted by atomic mass is 79.9. The first kappa shape index (κ1) is 16.9. The number of halogens is 1. The number of pyridine rings is 2. The first-order chi connectivity index (χ1) is 11.3. The predicted octanol–water partition coefficient (Wildman–Crippen LogP) is 4.59. The number of amides is 1. The van der Waals surface area contributed by atoms with Crippen molar-refractivity contribution in [3.8, 4) is 11.1 Å². The molecule has 0 saturated heterocycles. The molecule has 6 heteroatoms. The van der Waals surface area contributed by atoms with E-state index < -0.39 is 5.60 Å². The number of anilines is 1. The molecule has 1 amide bonds. The third-order valence-electron chi connectivity index (χ3n) is 3.72. The molecule has 126 valence electrons. The normalized spacial score (nSPS) is 14.2. The van der Waals surface area contributed by atoms with Gasteiger partial charge in [-0.15, -0.1) is 0 Å². The number of fused-ring (bicyclic) bond motifs is 1. The summed E-state index contributed by atoms with van der Waals surface area (Å²) < 4.78 is 6.47. The molecule has 0 bridgehead atoms. The van der Waals surface area contributed by atoms with E-state index in [4.69, 9.17) is 4.74 Å². The Morgan fingerprint density at radius 2 is 2.12 bits per heavy atom. The van der Waals surface area contributed by atoms with Crippen LogP contribution in [-0.4, -0.2) is 28.2 Å². The maximum atomic E-state index is 12.4. The molecule has 3 heterocycles. The molecule has 1 aliphatic heterocycles. The highest BCUT2D eigenvalue weighted by Crippen LogP contribution is 2.32. The van der Waals surface area contributed by atoms with Gasteiger partial charge in [0.2, 0.25) is 0 Å². The molecule has 0 radical (unpaired) electrons. The Hall–Kier alpha value is -1.95. The summed E-state index contributed by atoms with van der Waals surface area (Å²) >= 11 is 3.54. The Balaban J connectivity index is 1.93. The largest absolute Gasteiger partial charge is 0.443 e. The Labute approximate surface area is 150 Å². The fraction of sp³-hybridized carbons (Fsp3) is 0.389. The van der Waals surface area contributed by atoms with Crippen molar-refractivity contribution < 1.29 is 9.53 Å². The third-order valence-corrected chi connectivity index (χ3v) is 4.41. The Kier molecular flexibility index (Phi) is 4.58. The van der Waals surface area contributed by atoms with E-state index >= 15 is 0 Å². The van der Waals surface area contributed by atoms with Crippen LogP contribution in [0.4, 0.5) is 10.6 Å². The lowest BCUT2D eigenvalue weighted by Gasteiger charge is -2.30. The molecular weight excluding hydrogens is 370 g/mol. The van der Waals surface area contributed by atoms with Crippen LogP contribution in [0.1, 0.15) is 32.8 Å². The van der Waals surface area contributed by atoms with Gasteiger partial charge < -0.3 is 4.74 Å². The lowest BCUT2D eigenvalue weighted by molar-refractivity contribution is 0.0576. The summed E-state index contributed by atoms with van der Waals surface area (Å²) in [6.45, 7) is 6.23. The molecule has 0 aliphatic carbocycles. The van der Waals surface area contributed by atoms with E-state index in [9.17, 15) is 4.79 Å². The van der Waals surface area contributed by atoms with Gasteiger partial charge in [0, 0.05) is 40.7 Å². The summed E-state index contributed by atoms with van der Waals surface area (Å²) in [6.07, 6.45) is 6.78. The maximum absolute atomic E-state index is 12.4. The van der Waals surface area contributed by atoms with Crippen LogP contribution in [0.25, 0.3) is 11.1 Å². The average Bonchev–Trinajstić information content (AvgIpc) is 2.52. The molecule has 24 heavy (non-hydrogen) atoms. The second-order valence-corrected chi connectivity index (χ2v) is 7.65. The predicted molar refractivity (Wildman–Crippen MR) is 97.1 cm³/mol. The summed E-state index contributed by atoms with van der Waals surface area (Å²) in [5.41, 5.74) is 2.51. The lowest BCUT2D eigenvalue weighted by atomic mass is 10.0. The van der Waals surface area contributed by atoms with Crippen LogP contribution in [0.5, 0.6) is 0 Å². The van der Waals surface area contributed by atoms with Crippen LogP contribution >= 0.6 is 15.9 Å². The number of hydrogen-bond acceptors (Lipinski definition) is 4. The number of ether oxygens (including phenoxy) is 1. The number of aryl methyl sites for hydroxylation is 1. The summed E-state index contributed by atoms with van der Waals surface area (Å²) in [4.78, 5) is 22.8. The van der Waals surface area contributed by atoms with Crippen molar-refractivity contribution in [1.82, 2.24) is 9.97 Å². The monoisotopic (exact) mass is 389 g/mol. The molecule has 1 aliphatic rings. The molecule has 0 saturated carbocycles. The van der Waals surface area contributed by atoms with Crippen molar-refractivity contribution in [2.24, 2.45) is 0 Å². The summed E-state index contributed by atoms with van der Waals surface area (Å²) in [5.74, 6) is 0.694. The number of nitrogens with zero attached hydrogens (tertiary/aromatic N) is 3. The quantitative estimate of drug-likeness (QED) is 0.715. The highest BCUT2D eigenvalue weighted by molar-refractivity contribution is 9.10. The second-order valence-electron chi connectivity index (χ2n) is 6.80. The third kappa shape index (κ3) is 3.59. The fourth-order valence-electron chi connectivity index (χ4n) is 2.70. The van der Waals surface area contributed by atoms with Crippen molar-refractivity contribution in [3.63, 3.8) is 0 Å². The van der Waals surface area contributed by atoms with E-state index in [2.05, 4.69) is 32.0 Å². The average molecular weight is 390 g/mol. The van der Waals surface area contributed by atoms with E-state index in [0.29, 0.717) is 12.4 Å². The van der Waals surface area contributed by atoms with E-state index in [1.807, 2.05) is 33.0 Å². The number of carbonyl (C=O) groups excluding carboxylic acids is 1. The first-order valence-electron chi connectivity index (χ1n) is 7.94. The zero-order valence-electron chi connectivity index (χ0n) is 14.0. The standard InChI is InChI=1S/C18H20BrN3O2/c1-18(2,3)24-17(23)22-8-4-5-12-9-13(10-21-16(12)22)14-11-20-7-6-15(14)19/h6-7,9-11H,4-5,8H2,1-3H3. The Morgan fingerprint density at radius 3 is 2.83 bits per heavy atom. The molecule has 0 atom stereocenters. The minimum absolute atomic E-state index is 0.341. The first-order valence-corrected chi connectivity index (χ1v) is 8.74. The van der Waals surface area contributed by atoms with Crippen LogP contribution in [-0.2, 0) is 11.2 Å². The van der Waals surface area contributed by atoms with Crippen LogP contribution in [0.3, 0.4) is 0 Å². The van der Waals surface area contributed by atoms with Crippen LogP contribution in [0, 0.1) is 0 Å². The molecule has 0 N–H and O–H groups in total. The van der Waals surface area contributed by atoms with Crippen LogP contribution < -0.4 is 4.90 Å². The van der Waals surface area contributed by atoms with Crippen molar-refractivity contribution in [2.75, 3.05) is 11.4 Å². The van der Waals surface area contributed by atoms with Gasteiger partial charge in [0.25, 0.3) is 0 Å². The summed E-state index contributed by atoms with van der Waals surface area (Å²) in [7, 11) is 0. The fourth-order valence-corrected chi connectivity index (χ4v) is 3.15. The summed E-state index contributed by atoms with van der Waals surface area (Å²) in [6, 6.07) is 3.99. The zero-order chi connectivity index (χ0) is 17.3. The number of aromatic nitrogens is 2. The molecule has 5 nitrogen and oxygen atoms in total. The van der Waals surface area contributed by atoms with Gasteiger partial charge in [-0.25, -0.2) is 9.78 Å². The maximum Gasteiger partial charge on any atom is 0.416 e. The van der Waals surface area contributed by atoms with Crippen molar-refractivity contribution in [2.45, 2.75) is 39.2 Å². The van der Waals surface area contributed by atoms with Gasteiger partial charge in [0.1, 0.15) is 11.4 Å². The van der Waals surface area contributed by atoms with Gasteiger partial charge in [-0.2, -0.15) is 0 Å². The van der Waals surface area contributed by atoms with Gasteiger partial charge in [0.15, 0.2) is 0 Å². The lowest BCUT2D eigenvalue weighted by Crippen LogP contribution is -2.40. The Bertz CT molecular complexity index is 771. The molecule has 0 unspecified atom stereocenters. The van der Waals surface area contributed by atoms with Crippen LogP contribution in [0.2, 0.25) is 0 Å². The summed E-state index contributed by atoms with van der Waals surface area (Å²) in [5, 5.41) is 0. The molecule has 2 aromatic rings. The van der Waals surface area contributed by atoms with E-state index in [1.54, 1.807) is 17.3 Å². The molecular formula is C18H20BrN3O2. The van der Waals surface area contributed by atoms with Gasteiger partial charge in [-0.3, -0.25) is 9.88 Å². The molecule has 0 fully saturated rings. The molecule has 2 aromatic heterocycles. The van der Waals surface area contributed by atoms with Gasteiger partial charge >= 0.3 is 6.09 Å². The van der Waals surface area contributed by atoms with Crippen molar-refractivity contribution in [3.05, 3.63) is 40.8 Å². The van der Waals surface area contributed by atoms with Gasteiger partial charge in [-0.1, -0.05) is 15.9 Å².